The number of phenols is 1. The van der Waals surface area contributed by atoms with Gasteiger partial charge in [-0.2, -0.15) is 0 Å². The molecule has 0 amide bonds. The Bertz CT molecular complexity index is 552. The minimum absolute atomic E-state index is 0.0292. The van der Waals surface area contributed by atoms with Gasteiger partial charge in [0.2, 0.25) is 0 Å². The number of nitrogens with one attached hydrogen (secondary N) is 1. The molecule has 2 aromatic carbocycles. The van der Waals surface area contributed by atoms with Crippen molar-refractivity contribution in [3.05, 3.63) is 65.2 Å². The van der Waals surface area contributed by atoms with Crippen molar-refractivity contribution in [3.8, 4) is 5.75 Å². The van der Waals surface area contributed by atoms with E-state index in [1.54, 1.807) is 18.2 Å². The highest BCUT2D eigenvalue weighted by atomic mass is 19.1. The molecule has 0 bridgehead atoms. The van der Waals surface area contributed by atoms with Crippen LogP contribution in [0.3, 0.4) is 0 Å². The number of phenolic OH excluding ortho intramolecular Hbond substituents is 1. The van der Waals surface area contributed by atoms with Crippen LogP contribution in [0.25, 0.3) is 0 Å². The molecular formula is C15H15F2NO. The van der Waals surface area contributed by atoms with E-state index in [9.17, 15) is 13.9 Å². The summed E-state index contributed by atoms with van der Waals surface area (Å²) in [4.78, 5) is 0. The number of rotatable bonds is 4. The molecule has 0 aliphatic rings. The second kappa shape index (κ2) is 5.80. The molecule has 1 atom stereocenters. The molecular weight excluding hydrogens is 248 g/mol. The van der Waals surface area contributed by atoms with Gasteiger partial charge >= 0.3 is 0 Å². The average Bonchev–Trinajstić information content (AvgIpc) is 2.35. The number of aromatic hydroxyl groups is 1. The summed E-state index contributed by atoms with van der Waals surface area (Å²) in [6.45, 7) is 2.27. The molecule has 2 nitrogen and oxygen atoms in total. The molecule has 0 radical (unpaired) electrons. The normalized spacial score (nSPS) is 12.4. The quantitative estimate of drug-likeness (QED) is 0.884. The molecule has 19 heavy (non-hydrogen) atoms. The minimum atomic E-state index is -0.582. The maximum atomic E-state index is 13.0. The van der Waals surface area contributed by atoms with Gasteiger partial charge in [0.25, 0.3) is 0 Å². The zero-order valence-corrected chi connectivity index (χ0v) is 10.5. The Labute approximate surface area is 110 Å². The molecule has 1 unspecified atom stereocenters. The monoisotopic (exact) mass is 263 g/mol. The van der Waals surface area contributed by atoms with Crippen LogP contribution in [0.1, 0.15) is 24.1 Å². The third kappa shape index (κ3) is 3.76. The van der Waals surface area contributed by atoms with Gasteiger partial charge in [-0.05, 0) is 42.3 Å². The molecule has 0 spiro atoms. The van der Waals surface area contributed by atoms with Gasteiger partial charge in [-0.15, -0.1) is 0 Å². The molecule has 0 aromatic heterocycles. The van der Waals surface area contributed by atoms with Crippen LogP contribution in [0.4, 0.5) is 8.78 Å². The zero-order valence-electron chi connectivity index (χ0n) is 10.5. The molecule has 0 saturated heterocycles. The van der Waals surface area contributed by atoms with E-state index in [1.807, 2.05) is 13.0 Å². The number of halogens is 2. The van der Waals surface area contributed by atoms with Crippen molar-refractivity contribution in [2.75, 3.05) is 0 Å². The summed E-state index contributed by atoms with van der Waals surface area (Å²) in [7, 11) is 0. The first-order valence-corrected chi connectivity index (χ1v) is 6.02. The summed E-state index contributed by atoms with van der Waals surface area (Å²) in [5, 5.41) is 12.5. The summed E-state index contributed by atoms with van der Waals surface area (Å²) in [6.07, 6.45) is 0. The summed E-state index contributed by atoms with van der Waals surface area (Å²) >= 11 is 0. The SMILES string of the molecule is CC(NCc1cc(F)cc(F)c1)c1cccc(O)c1. The van der Waals surface area contributed by atoms with Crippen molar-refractivity contribution in [1.82, 2.24) is 5.32 Å². The van der Waals surface area contributed by atoms with Crippen LogP contribution < -0.4 is 5.32 Å². The van der Waals surface area contributed by atoms with Gasteiger partial charge in [0.1, 0.15) is 17.4 Å². The first-order valence-electron chi connectivity index (χ1n) is 6.02. The molecule has 0 heterocycles. The van der Waals surface area contributed by atoms with Crippen LogP contribution in [-0.2, 0) is 6.54 Å². The highest BCUT2D eigenvalue weighted by molar-refractivity contribution is 5.29. The highest BCUT2D eigenvalue weighted by Gasteiger charge is 2.06. The third-order valence-electron chi connectivity index (χ3n) is 2.90. The number of hydrogen-bond acceptors (Lipinski definition) is 2. The lowest BCUT2D eigenvalue weighted by Crippen LogP contribution is -2.18. The summed E-state index contributed by atoms with van der Waals surface area (Å²) in [5.41, 5.74) is 1.46. The van der Waals surface area contributed by atoms with Crippen LogP contribution in [0.15, 0.2) is 42.5 Å². The van der Waals surface area contributed by atoms with E-state index >= 15 is 0 Å². The van der Waals surface area contributed by atoms with Crippen molar-refractivity contribution in [3.63, 3.8) is 0 Å². The van der Waals surface area contributed by atoms with Gasteiger partial charge in [0.15, 0.2) is 0 Å². The minimum Gasteiger partial charge on any atom is -0.508 e. The average molecular weight is 263 g/mol. The Hall–Kier alpha value is -1.94. The van der Waals surface area contributed by atoms with Crippen LogP contribution in [0, 0.1) is 11.6 Å². The van der Waals surface area contributed by atoms with E-state index in [4.69, 9.17) is 0 Å². The predicted molar refractivity (Wildman–Crippen MR) is 69.7 cm³/mol. The summed E-state index contributed by atoms with van der Waals surface area (Å²) in [6, 6.07) is 10.3. The lowest BCUT2D eigenvalue weighted by molar-refractivity contribution is 0.472. The molecule has 4 heteroatoms. The van der Waals surface area contributed by atoms with Gasteiger partial charge in [-0.1, -0.05) is 12.1 Å². The second-order valence-electron chi connectivity index (χ2n) is 4.48. The van der Waals surface area contributed by atoms with Gasteiger partial charge in [-0.3, -0.25) is 0 Å². The van der Waals surface area contributed by atoms with E-state index in [-0.39, 0.29) is 11.8 Å². The fraction of sp³-hybridized carbons (Fsp3) is 0.200. The molecule has 0 aliphatic carbocycles. The Morgan fingerprint density at radius 1 is 1.11 bits per heavy atom. The largest absolute Gasteiger partial charge is 0.508 e. The maximum Gasteiger partial charge on any atom is 0.126 e. The molecule has 2 N–H and O–H groups in total. The number of hydrogen-bond donors (Lipinski definition) is 2. The van der Waals surface area contributed by atoms with Gasteiger partial charge in [-0.25, -0.2) is 8.78 Å². The molecule has 100 valence electrons. The molecule has 2 rings (SSSR count). The molecule has 0 saturated carbocycles. The Balaban J connectivity index is 2.02. The smallest absolute Gasteiger partial charge is 0.126 e. The lowest BCUT2D eigenvalue weighted by Gasteiger charge is -2.14. The van der Waals surface area contributed by atoms with Crippen LogP contribution in [-0.4, -0.2) is 5.11 Å². The summed E-state index contributed by atoms with van der Waals surface area (Å²) < 4.78 is 26.1. The van der Waals surface area contributed by atoms with E-state index in [2.05, 4.69) is 5.32 Å². The third-order valence-corrected chi connectivity index (χ3v) is 2.90. The standard InChI is InChI=1S/C15H15F2NO/c1-10(12-3-2-4-15(19)7-12)18-9-11-5-13(16)8-14(17)6-11/h2-8,10,18-19H,9H2,1H3. The fourth-order valence-electron chi connectivity index (χ4n) is 1.90. The van der Waals surface area contributed by atoms with Gasteiger partial charge in [0.05, 0.1) is 0 Å². The van der Waals surface area contributed by atoms with Crippen molar-refractivity contribution in [2.24, 2.45) is 0 Å². The fourth-order valence-corrected chi connectivity index (χ4v) is 1.90. The summed E-state index contributed by atoms with van der Waals surface area (Å²) in [5.74, 6) is -0.966. The van der Waals surface area contributed by atoms with Crippen molar-refractivity contribution >= 4 is 0 Å². The zero-order chi connectivity index (χ0) is 13.8. The van der Waals surface area contributed by atoms with E-state index in [0.717, 1.165) is 11.6 Å². The first kappa shape index (κ1) is 13.5. The van der Waals surface area contributed by atoms with Crippen LogP contribution >= 0.6 is 0 Å². The second-order valence-corrected chi connectivity index (χ2v) is 4.48. The van der Waals surface area contributed by atoms with Crippen LogP contribution in [0.2, 0.25) is 0 Å². The van der Waals surface area contributed by atoms with E-state index in [1.165, 1.54) is 12.1 Å². The van der Waals surface area contributed by atoms with Crippen molar-refractivity contribution in [2.45, 2.75) is 19.5 Å². The molecule has 2 aromatic rings. The van der Waals surface area contributed by atoms with E-state index in [0.29, 0.717) is 12.1 Å². The van der Waals surface area contributed by atoms with Gasteiger partial charge < -0.3 is 10.4 Å². The van der Waals surface area contributed by atoms with Gasteiger partial charge in [0, 0.05) is 18.7 Å². The maximum absolute atomic E-state index is 13.0. The Morgan fingerprint density at radius 3 is 2.42 bits per heavy atom. The van der Waals surface area contributed by atoms with Crippen molar-refractivity contribution < 1.29 is 13.9 Å². The Kier molecular flexibility index (Phi) is 4.12. The molecule has 0 aliphatic heterocycles. The first-order chi connectivity index (χ1) is 9.04. The van der Waals surface area contributed by atoms with E-state index < -0.39 is 11.6 Å². The lowest BCUT2D eigenvalue weighted by atomic mass is 10.1. The van der Waals surface area contributed by atoms with Crippen LogP contribution in [0.5, 0.6) is 5.75 Å². The highest BCUT2D eigenvalue weighted by Crippen LogP contribution is 2.18. The van der Waals surface area contributed by atoms with Crippen molar-refractivity contribution in [1.29, 1.82) is 0 Å². The number of benzene rings is 2. The molecule has 0 fully saturated rings. The Morgan fingerprint density at radius 2 is 1.79 bits per heavy atom. The topological polar surface area (TPSA) is 32.3 Å². The predicted octanol–water partition coefficient (Wildman–Crippen LogP) is 3.52.